The van der Waals surface area contributed by atoms with E-state index in [1.807, 2.05) is 6.07 Å². The molecule has 3 aromatic rings. The summed E-state index contributed by atoms with van der Waals surface area (Å²) in [5, 5.41) is 15.5. The van der Waals surface area contributed by atoms with Crippen molar-refractivity contribution in [2.24, 2.45) is 0 Å². The number of pyridine rings is 1. The van der Waals surface area contributed by atoms with Crippen LogP contribution in [0.5, 0.6) is 0 Å². The Morgan fingerprint density at radius 3 is 2.39 bits per heavy atom. The number of hydrogen-bond acceptors (Lipinski definition) is 7. The number of benzene rings is 1. The van der Waals surface area contributed by atoms with Gasteiger partial charge >= 0.3 is 6.18 Å². The van der Waals surface area contributed by atoms with Gasteiger partial charge in [0.05, 0.1) is 21.6 Å². The number of nitrogens with one attached hydrogen (secondary N) is 1. The second-order valence-electron chi connectivity index (χ2n) is 7.61. The number of amides is 1. The maximum absolute atomic E-state index is 13.3. The smallest absolute Gasteiger partial charge is 0.340 e. The Kier molecular flexibility index (Phi) is 5.99. The van der Waals surface area contributed by atoms with Crippen LogP contribution in [0.25, 0.3) is 5.82 Å². The van der Waals surface area contributed by atoms with E-state index in [9.17, 15) is 26.4 Å². The summed E-state index contributed by atoms with van der Waals surface area (Å²) < 4.78 is 64.9. The van der Waals surface area contributed by atoms with Gasteiger partial charge in [-0.1, -0.05) is 0 Å². The van der Waals surface area contributed by atoms with E-state index in [4.69, 9.17) is 5.26 Å². The Hall–Kier alpha value is -3.79. The van der Waals surface area contributed by atoms with Crippen molar-refractivity contribution in [1.29, 1.82) is 5.26 Å². The molecule has 1 N–H and O–H groups in total. The lowest BCUT2D eigenvalue weighted by atomic mass is 10.0. The number of aromatic nitrogens is 4. The number of hydrogen-bond donors (Lipinski definition) is 1. The first-order valence-electron chi connectivity index (χ1n) is 9.24. The normalized spacial score (nSPS) is 12.3. The lowest BCUT2D eigenvalue weighted by Crippen LogP contribution is -2.43. The molecule has 0 bridgehead atoms. The summed E-state index contributed by atoms with van der Waals surface area (Å²) in [4.78, 5) is 20.5. The number of nitrogens with zero attached hydrogens (tertiary/aromatic N) is 5. The largest absolute Gasteiger partial charge is 0.416 e. The van der Waals surface area contributed by atoms with Crippen LogP contribution >= 0.6 is 0 Å². The van der Waals surface area contributed by atoms with Crippen LogP contribution in [0.3, 0.4) is 0 Å². The quantitative estimate of drug-likeness (QED) is 0.596. The molecule has 3 rings (SSSR count). The maximum Gasteiger partial charge on any atom is 0.416 e. The molecule has 0 saturated heterocycles. The van der Waals surface area contributed by atoms with Crippen molar-refractivity contribution < 1.29 is 26.4 Å². The number of halogens is 3. The molecular formula is C20H17F3N6O3S. The van der Waals surface area contributed by atoms with E-state index in [1.165, 1.54) is 29.3 Å². The molecule has 0 aliphatic rings. The van der Waals surface area contributed by atoms with Gasteiger partial charge in [0.1, 0.15) is 12.4 Å². The van der Waals surface area contributed by atoms with Crippen molar-refractivity contribution >= 4 is 15.7 Å². The van der Waals surface area contributed by atoms with Crippen molar-refractivity contribution in [3.05, 3.63) is 65.4 Å². The van der Waals surface area contributed by atoms with E-state index < -0.39 is 43.5 Å². The predicted molar refractivity (Wildman–Crippen MR) is 109 cm³/mol. The monoisotopic (exact) mass is 478 g/mol. The zero-order chi connectivity index (χ0) is 24.6. The highest BCUT2D eigenvalue weighted by Crippen LogP contribution is 2.32. The van der Waals surface area contributed by atoms with E-state index in [1.54, 1.807) is 13.8 Å². The fourth-order valence-corrected chi connectivity index (χ4v) is 3.61. The summed E-state index contributed by atoms with van der Waals surface area (Å²) in [7, 11) is -4.01. The van der Waals surface area contributed by atoms with Gasteiger partial charge in [-0.3, -0.25) is 4.79 Å². The second kappa shape index (κ2) is 8.28. The van der Waals surface area contributed by atoms with Gasteiger partial charge in [-0.2, -0.15) is 28.2 Å². The third kappa shape index (κ3) is 5.17. The van der Waals surface area contributed by atoms with Crippen LogP contribution in [-0.2, 0) is 21.6 Å². The third-order valence-corrected chi connectivity index (χ3v) is 5.64. The van der Waals surface area contributed by atoms with Gasteiger partial charge in [-0.05, 0) is 44.2 Å². The average Bonchev–Trinajstić information content (AvgIpc) is 3.23. The number of nitriles is 1. The summed E-state index contributed by atoms with van der Waals surface area (Å²) in [6.07, 6.45) is -1.58. The van der Waals surface area contributed by atoms with Gasteiger partial charge in [0, 0.05) is 18.0 Å². The Morgan fingerprint density at radius 2 is 1.85 bits per heavy atom. The molecule has 0 saturated carbocycles. The molecule has 0 aliphatic carbocycles. The summed E-state index contributed by atoms with van der Waals surface area (Å²) in [5.41, 5.74) is -2.69. The van der Waals surface area contributed by atoms with Gasteiger partial charge in [-0.25, -0.2) is 18.4 Å². The van der Waals surface area contributed by atoms with E-state index >= 15 is 0 Å². The van der Waals surface area contributed by atoms with E-state index in [0.717, 1.165) is 12.3 Å². The molecule has 0 aliphatic heterocycles. The summed E-state index contributed by atoms with van der Waals surface area (Å²) in [5.74, 6) is -0.455. The van der Waals surface area contributed by atoms with Crippen LogP contribution in [-0.4, -0.2) is 40.3 Å². The van der Waals surface area contributed by atoms with Gasteiger partial charge in [0.15, 0.2) is 21.5 Å². The minimum atomic E-state index is -4.85. The molecule has 0 radical (unpaired) electrons. The first kappa shape index (κ1) is 23.9. The molecule has 13 heteroatoms. The fraction of sp³-hybridized carbons (Fsp3) is 0.250. The van der Waals surface area contributed by atoms with Crippen LogP contribution in [0.1, 0.15) is 41.2 Å². The maximum atomic E-state index is 13.3. The lowest BCUT2D eigenvalue weighted by Gasteiger charge is -2.26. The van der Waals surface area contributed by atoms with Gasteiger partial charge in [-0.15, -0.1) is 0 Å². The average molecular weight is 478 g/mol. The van der Waals surface area contributed by atoms with Crippen LogP contribution in [0.2, 0.25) is 0 Å². The number of alkyl halides is 3. The Bertz CT molecular complexity index is 1360. The lowest BCUT2D eigenvalue weighted by molar-refractivity contribution is -0.137. The van der Waals surface area contributed by atoms with Crippen LogP contribution in [0.15, 0.2) is 47.8 Å². The van der Waals surface area contributed by atoms with Crippen LogP contribution < -0.4 is 5.32 Å². The van der Waals surface area contributed by atoms with Crippen LogP contribution in [0.4, 0.5) is 13.2 Å². The highest BCUT2D eigenvalue weighted by molar-refractivity contribution is 7.90. The van der Waals surface area contributed by atoms with Gasteiger partial charge in [0.2, 0.25) is 0 Å². The standard InChI is InChI=1S/C20H17F3N6O3S/c1-19(2,18-26-11-27-29(18)16-5-4-12(9-24)10-25-16)28-17(30)13-6-14(20(21,22)23)8-15(7-13)33(3,31)32/h4-8,10-11H,1-3H3,(H,28,30). The Balaban J connectivity index is 1.98. The zero-order valence-electron chi connectivity index (χ0n) is 17.5. The summed E-state index contributed by atoms with van der Waals surface area (Å²) in [6.45, 7) is 3.08. The zero-order valence-corrected chi connectivity index (χ0v) is 18.4. The molecule has 0 unspecified atom stereocenters. The van der Waals surface area contributed by atoms with E-state index in [2.05, 4.69) is 20.4 Å². The van der Waals surface area contributed by atoms with Crippen LogP contribution in [0, 0.1) is 11.3 Å². The topological polar surface area (TPSA) is 131 Å². The fourth-order valence-electron chi connectivity index (χ4n) is 2.93. The highest BCUT2D eigenvalue weighted by Gasteiger charge is 2.34. The Morgan fingerprint density at radius 1 is 1.15 bits per heavy atom. The molecule has 0 fully saturated rings. The number of sulfone groups is 1. The predicted octanol–water partition coefficient (Wildman–Crippen LogP) is 2.62. The van der Waals surface area contributed by atoms with Crippen molar-refractivity contribution in [1.82, 2.24) is 25.1 Å². The van der Waals surface area contributed by atoms with Crippen molar-refractivity contribution in [2.75, 3.05) is 6.26 Å². The van der Waals surface area contributed by atoms with Crippen molar-refractivity contribution in [3.8, 4) is 11.9 Å². The Labute approximate surface area is 186 Å². The molecule has 0 atom stereocenters. The van der Waals surface area contributed by atoms with E-state index in [-0.39, 0.29) is 5.82 Å². The van der Waals surface area contributed by atoms with Gasteiger partial charge in [0.25, 0.3) is 5.91 Å². The first-order chi connectivity index (χ1) is 15.2. The van der Waals surface area contributed by atoms with E-state index in [0.29, 0.717) is 23.5 Å². The van der Waals surface area contributed by atoms with Crippen molar-refractivity contribution in [2.45, 2.75) is 30.5 Å². The summed E-state index contributed by atoms with van der Waals surface area (Å²) >= 11 is 0. The molecule has 2 aromatic heterocycles. The molecule has 172 valence electrons. The molecular weight excluding hydrogens is 461 g/mol. The molecule has 0 spiro atoms. The minimum absolute atomic E-state index is 0.198. The number of rotatable bonds is 5. The van der Waals surface area contributed by atoms with Gasteiger partial charge < -0.3 is 5.32 Å². The number of carbonyl (C=O) groups is 1. The van der Waals surface area contributed by atoms with Crippen molar-refractivity contribution in [3.63, 3.8) is 0 Å². The molecule has 2 heterocycles. The molecule has 1 aromatic carbocycles. The summed E-state index contributed by atoms with van der Waals surface area (Å²) in [6, 6.07) is 6.88. The first-order valence-corrected chi connectivity index (χ1v) is 11.1. The molecule has 33 heavy (non-hydrogen) atoms. The minimum Gasteiger partial charge on any atom is -0.340 e. The molecule has 9 nitrogen and oxygen atoms in total. The molecule has 1 amide bonds. The number of carbonyl (C=O) groups excluding carboxylic acids is 1. The third-order valence-electron chi connectivity index (χ3n) is 4.55. The highest BCUT2D eigenvalue weighted by atomic mass is 32.2. The SMILES string of the molecule is CC(C)(NC(=O)c1cc(C(F)(F)F)cc(S(C)(=O)=O)c1)c1ncnn1-c1ccc(C#N)cn1. The second-order valence-corrected chi connectivity index (χ2v) is 9.62.